The summed E-state index contributed by atoms with van der Waals surface area (Å²) < 4.78 is 5.21. The highest BCUT2D eigenvalue weighted by molar-refractivity contribution is 5.98. The Balaban J connectivity index is 2.07. The second-order valence-corrected chi connectivity index (χ2v) is 6.45. The van der Waals surface area contributed by atoms with Crippen LogP contribution in [0.1, 0.15) is 54.6 Å². The molecule has 2 N–H and O–H groups in total. The number of esters is 1. The number of ether oxygens (including phenoxy) is 1. The smallest absolute Gasteiger partial charge is 0.342 e. The third-order valence-corrected chi connectivity index (χ3v) is 4.39. The molecular weight excluding hydrogens is 330 g/mol. The van der Waals surface area contributed by atoms with E-state index in [1.54, 1.807) is 13.0 Å². The van der Waals surface area contributed by atoms with Gasteiger partial charge in [0, 0.05) is 5.69 Å². The van der Waals surface area contributed by atoms with Crippen LogP contribution in [0.2, 0.25) is 0 Å². The van der Waals surface area contributed by atoms with Crippen LogP contribution in [0, 0.1) is 6.92 Å². The third-order valence-electron chi connectivity index (χ3n) is 4.39. The minimum atomic E-state index is -0.992. The van der Waals surface area contributed by atoms with E-state index in [2.05, 4.69) is 19.2 Å². The molecule has 5 heteroatoms. The van der Waals surface area contributed by atoms with Crippen LogP contribution >= 0.6 is 0 Å². The topological polar surface area (TPSA) is 75.6 Å². The lowest BCUT2D eigenvalue weighted by atomic mass is 9.97. The van der Waals surface area contributed by atoms with E-state index in [9.17, 15) is 14.7 Å². The Morgan fingerprint density at radius 3 is 2.50 bits per heavy atom. The van der Waals surface area contributed by atoms with Gasteiger partial charge in [0.1, 0.15) is 11.3 Å². The van der Waals surface area contributed by atoms with Gasteiger partial charge in [-0.15, -0.1) is 0 Å². The Kier molecular flexibility index (Phi) is 6.39. The number of aryl methyl sites for hydroxylation is 1. The molecular formula is C21H25NO4. The van der Waals surface area contributed by atoms with E-state index in [0.29, 0.717) is 11.6 Å². The Morgan fingerprint density at radius 2 is 1.85 bits per heavy atom. The largest absolute Gasteiger partial charge is 0.507 e. The first-order valence-corrected chi connectivity index (χ1v) is 8.73. The number of phenols is 1. The number of para-hydroxylation sites is 1. The lowest BCUT2D eigenvalue weighted by molar-refractivity contribution is -0.123. The van der Waals surface area contributed by atoms with Gasteiger partial charge in [0.05, 0.1) is 0 Å². The van der Waals surface area contributed by atoms with E-state index in [1.165, 1.54) is 19.1 Å². The van der Waals surface area contributed by atoms with Crippen LogP contribution in [0.15, 0.2) is 42.5 Å². The van der Waals surface area contributed by atoms with Crippen molar-refractivity contribution in [3.63, 3.8) is 0 Å². The summed E-state index contributed by atoms with van der Waals surface area (Å²) in [6.45, 7) is 7.49. The highest BCUT2D eigenvalue weighted by atomic mass is 16.5. The van der Waals surface area contributed by atoms with E-state index in [0.717, 1.165) is 17.5 Å². The molecule has 0 aliphatic heterocycles. The minimum absolute atomic E-state index is 0.0373. The molecule has 2 atom stereocenters. The van der Waals surface area contributed by atoms with E-state index in [1.807, 2.05) is 24.3 Å². The van der Waals surface area contributed by atoms with Crippen molar-refractivity contribution in [2.24, 2.45) is 0 Å². The van der Waals surface area contributed by atoms with Crippen molar-refractivity contribution in [1.82, 2.24) is 0 Å². The standard InChI is InChI=1S/C21H25NO4/c1-5-14(3)16-8-6-7-9-18(16)22-20(24)15(4)26-21(25)17-11-10-13(2)12-19(17)23/h6-12,14-15,23H,5H2,1-4H3,(H,22,24)/t14-,15+/m0/s1. The molecule has 0 spiro atoms. The van der Waals surface area contributed by atoms with Gasteiger partial charge < -0.3 is 15.2 Å². The molecule has 0 unspecified atom stereocenters. The fourth-order valence-corrected chi connectivity index (χ4v) is 2.59. The summed E-state index contributed by atoms with van der Waals surface area (Å²) in [5, 5.41) is 12.7. The highest BCUT2D eigenvalue weighted by Crippen LogP contribution is 2.27. The number of rotatable bonds is 6. The van der Waals surface area contributed by atoms with Crippen LogP contribution in [-0.4, -0.2) is 23.1 Å². The predicted molar refractivity (Wildman–Crippen MR) is 101 cm³/mol. The normalized spacial score (nSPS) is 12.9. The first kappa shape index (κ1) is 19.5. The number of phenolic OH excluding ortho intramolecular Hbond substituents is 1. The fourth-order valence-electron chi connectivity index (χ4n) is 2.59. The molecule has 26 heavy (non-hydrogen) atoms. The summed E-state index contributed by atoms with van der Waals surface area (Å²) in [6.07, 6.45) is -0.0439. The number of carbonyl (C=O) groups is 2. The Morgan fingerprint density at radius 1 is 1.15 bits per heavy atom. The Hall–Kier alpha value is -2.82. The fraction of sp³-hybridized carbons (Fsp3) is 0.333. The second-order valence-electron chi connectivity index (χ2n) is 6.45. The molecule has 0 radical (unpaired) electrons. The Bertz CT molecular complexity index is 800. The van der Waals surface area contributed by atoms with Crippen LogP contribution in [0.4, 0.5) is 5.69 Å². The van der Waals surface area contributed by atoms with Gasteiger partial charge in [-0.3, -0.25) is 4.79 Å². The van der Waals surface area contributed by atoms with E-state index < -0.39 is 18.0 Å². The van der Waals surface area contributed by atoms with Gasteiger partial charge in [-0.25, -0.2) is 4.79 Å². The average molecular weight is 355 g/mol. The third kappa shape index (κ3) is 4.63. The van der Waals surface area contributed by atoms with Gasteiger partial charge >= 0.3 is 5.97 Å². The molecule has 0 aromatic heterocycles. The molecule has 0 bridgehead atoms. The van der Waals surface area contributed by atoms with Crippen LogP contribution in [0.25, 0.3) is 0 Å². The summed E-state index contributed by atoms with van der Waals surface area (Å²) in [4.78, 5) is 24.6. The number of amides is 1. The van der Waals surface area contributed by atoms with E-state index in [-0.39, 0.29) is 11.3 Å². The number of anilines is 1. The maximum atomic E-state index is 12.4. The maximum absolute atomic E-state index is 12.4. The summed E-state index contributed by atoms with van der Waals surface area (Å²) in [5.41, 5.74) is 2.62. The lowest BCUT2D eigenvalue weighted by Crippen LogP contribution is -2.30. The van der Waals surface area contributed by atoms with Crippen molar-refractivity contribution < 1.29 is 19.4 Å². The van der Waals surface area contributed by atoms with Gasteiger partial charge in [0.2, 0.25) is 0 Å². The molecule has 0 saturated heterocycles. The first-order valence-electron chi connectivity index (χ1n) is 8.73. The van der Waals surface area contributed by atoms with E-state index in [4.69, 9.17) is 4.74 Å². The highest BCUT2D eigenvalue weighted by Gasteiger charge is 2.22. The lowest BCUT2D eigenvalue weighted by Gasteiger charge is -2.18. The molecule has 1 amide bonds. The predicted octanol–water partition coefficient (Wildman–Crippen LogP) is 4.40. The zero-order chi connectivity index (χ0) is 19.3. The second kappa shape index (κ2) is 8.52. The molecule has 0 fully saturated rings. The van der Waals surface area contributed by atoms with Crippen LogP contribution in [0.3, 0.4) is 0 Å². The average Bonchev–Trinajstić information content (AvgIpc) is 2.61. The number of nitrogens with one attached hydrogen (secondary N) is 1. The zero-order valence-electron chi connectivity index (χ0n) is 15.6. The van der Waals surface area contributed by atoms with E-state index >= 15 is 0 Å². The van der Waals surface area contributed by atoms with Gasteiger partial charge in [-0.05, 0) is 55.5 Å². The van der Waals surface area contributed by atoms with Crippen LogP contribution < -0.4 is 5.32 Å². The number of benzene rings is 2. The number of hydrogen-bond acceptors (Lipinski definition) is 4. The molecule has 2 aromatic rings. The first-order chi connectivity index (χ1) is 12.3. The monoisotopic (exact) mass is 355 g/mol. The van der Waals surface area contributed by atoms with Crippen molar-refractivity contribution in [2.45, 2.75) is 46.1 Å². The Labute approximate surface area is 154 Å². The number of hydrogen-bond donors (Lipinski definition) is 2. The van der Waals surface area contributed by atoms with Crippen LogP contribution in [0.5, 0.6) is 5.75 Å². The van der Waals surface area contributed by atoms with Gasteiger partial charge in [-0.2, -0.15) is 0 Å². The zero-order valence-corrected chi connectivity index (χ0v) is 15.6. The molecule has 5 nitrogen and oxygen atoms in total. The molecule has 0 aliphatic rings. The van der Waals surface area contributed by atoms with Crippen molar-refractivity contribution in [2.75, 3.05) is 5.32 Å². The summed E-state index contributed by atoms with van der Waals surface area (Å²) in [5.74, 6) is -1.01. The molecule has 138 valence electrons. The summed E-state index contributed by atoms with van der Waals surface area (Å²) in [6, 6.07) is 12.2. The number of aromatic hydroxyl groups is 1. The summed E-state index contributed by atoms with van der Waals surface area (Å²) in [7, 11) is 0. The van der Waals surface area contributed by atoms with Crippen molar-refractivity contribution >= 4 is 17.6 Å². The van der Waals surface area contributed by atoms with Crippen molar-refractivity contribution in [3.05, 3.63) is 59.2 Å². The number of carbonyl (C=O) groups excluding carboxylic acids is 2. The molecule has 0 saturated carbocycles. The minimum Gasteiger partial charge on any atom is -0.507 e. The van der Waals surface area contributed by atoms with Crippen molar-refractivity contribution in [1.29, 1.82) is 0 Å². The molecule has 0 aliphatic carbocycles. The van der Waals surface area contributed by atoms with Crippen molar-refractivity contribution in [3.8, 4) is 5.75 Å². The molecule has 2 rings (SSSR count). The SMILES string of the molecule is CC[C@H](C)c1ccccc1NC(=O)[C@@H](C)OC(=O)c1ccc(C)cc1O. The summed E-state index contributed by atoms with van der Waals surface area (Å²) >= 11 is 0. The van der Waals surface area contributed by atoms with Gasteiger partial charge in [-0.1, -0.05) is 38.1 Å². The molecule has 2 aromatic carbocycles. The van der Waals surface area contributed by atoms with Gasteiger partial charge in [0.25, 0.3) is 5.91 Å². The maximum Gasteiger partial charge on any atom is 0.342 e. The van der Waals surface area contributed by atoms with Crippen LogP contribution in [-0.2, 0) is 9.53 Å². The van der Waals surface area contributed by atoms with Gasteiger partial charge in [0.15, 0.2) is 6.10 Å². The quantitative estimate of drug-likeness (QED) is 0.753. The molecule has 0 heterocycles.